The quantitative estimate of drug-likeness (QED) is 0.857. The minimum Gasteiger partial charge on any atom is -0.361 e. The third-order valence-corrected chi connectivity index (χ3v) is 5.28. The van der Waals surface area contributed by atoms with Gasteiger partial charge in [0, 0.05) is 23.3 Å². The number of amides is 1. The van der Waals surface area contributed by atoms with E-state index < -0.39 is 9.84 Å². The number of rotatable bonds is 6. The molecule has 0 unspecified atom stereocenters. The van der Waals surface area contributed by atoms with E-state index in [-0.39, 0.29) is 16.6 Å². The Kier molecular flexibility index (Phi) is 5.48. The van der Waals surface area contributed by atoms with Gasteiger partial charge in [-0.1, -0.05) is 11.2 Å². The minimum absolute atomic E-state index is 0.179. The van der Waals surface area contributed by atoms with Gasteiger partial charge in [-0.3, -0.25) is 4.79 Å². The van der Waals surface area contributed by atoms with Gasteiger partial charge in [0.25, 0.3) is 0 Å². The van der Waals surface area contributed by atoms with Gasteiger partial charge in [0.2, 0.25) is 5.91 Å². The SMILES string of the molecule is Cc1noc(C)c1CSCC(=O)Nc1cccc(S(C)(=O)=O)c1. The van der Waals surface area contributed by atoms with Crippen molar-refractivity contribution in [2.45, 2.75) is 24.5 Å². The molecule has 0 fully saturated rings. The maximum atomic E-state index is 12.0. The van der Waals surface area contributed by atoms with Gasteiger partial charge in [0.1, 0.15) is 5.76 Å². The van der Waals surface area contributed by atoms with Crippen molar-refractivity contribution in [2.75, 3.05) is 17.3 Å². The first kappa shape index (κ1) is 17.6. The summed E-state index contributed by atoms with van der Waals surface area (Å²) in [7, 11) is -3.29. The first-order chi connectivity index (χ1) is 10.8. The number of sulfone groups is 1. The second kappa shape index (κ2) is 7.18. The fourth-order valence-electron chi connectivity index (χ4n) is 1.96. The van der Waals surface area contributed by atoms with Gasteiger partial charge in [-0.05, 0) is 32.0 Å². The molecule has 23 heavy (non-hydrogen) atoms. The highest BCUT2D eigenvalue weighted by Gasteiger charge is 2.11. The largest absolute Gasteiger partial charge is 0.361 e. The summed E-state index contributed by atoms with van der Waals surface area (Å²) >= 11 is 1.45. The molecule has 0 aliphatic carbocycles. The van der Waals surface area contributed by atoms with Crippen molar-refractivity contribution < 1.29 is 17.7 Å². The summed E-state index contributed by atoms with van der Waals surface area (Å²) < 4.78 is 28.1. The molecule has 2 rings (SSSR count). The molecule has 0 saturated carbocycles. The van der Waals surface area contributed by atoms with E-state index in [1.807, 2.05) is 13.8 Å². The molecule has 1 aromatic heterocycles. The lowest BCUT2D eigenvalue weighted by atomic mass is 10.2. The molecule has 6 nitrogen and oxygen atoms in total. The summed E-state index contributed by atoms with van der Waals surface area (Å²) in [6.45, 7) is 3.70. The van der Waals surface area contributed by atoms with E-state index in [0.717, 1.165) is 23.3 Å². The van der Waals surface area contributed by atoms with Crippen molar-refractivity contribution in [3.8, 4) is 0 Å². The van der Waals surface area contributed by atoms with Crippen LogP contribution in [0.25, 0.3) is 0 Å². The van der Waals surface area contributed by atoms with Crippen LogP contribution in [0.1, 0.15) is 17.0 Å². The van der Waals surface area contributed by atoms with Crippen molar-refractivity contribution >= 4 is 33.2 Å². The van der Waals surface area contributed by atoms with Crippen LogP contribution in [0.15, 0.2) is 33.7 Å². The Morgan fingerprint density at radius 2 is 2.09 bits per heavy atom. The number of anilines is 1. The highest BCUT2D eigenvalue weighted by molar-refractivity contribution is 7.99. The molecular weight excluding hydrogens is 336 g/mol. The first-order valence-corrected chi connectivity index (χ1v) is 9.91. The third kappa shape index (κ3) is 4.84. The summed E-state index contributed by atoms with van der Waals surface area (Å²) in [5.74, 6) is 1.47. The molecule has 0 aliphatic rings. The van der Waals surface area contributed by atoms with Crippen molar-refractivity contribution in [1.82, 2.24) is 5.16 Å². The van der Waals surface area contributed by atoms with Crippen LogP contribution in [0.4, 0.5) is 5.69 Å². The molecule has 8 heteroatoms. The Hall–Kier alpha value is -1.80. The molecule has 0 spiro atoms. The Bertz CT molecular complexity index is 793. The Morgan fingerprint density at radius 3 is 2.70 bits per heavy atom. The Balaban J connectivity index is 1.90. The van der Waals surface area contributed by atoms with Crippen molar-refractivity contribution in [2.24, 2.45) is 0 Å². The van der Waals surface area contributed by atoms with Crippen molar-refractivity contribution in [3.63, 3.8) is 0 Å². The standard InChI is InChI=1S/C15H18N2O4S2/c1-10-14(11(2)21-17-10)8-22-9-15(18)16-12-5-4-6-13(7-12)23(3,19)20/h4-7H,8-9H2,1-3H3,(H,16,18). The highest BCUT2D eigenvalue weighted by atomic mass is 32.2. The summed E-state index contributed by atoms with van der Waals surface area (Å²) in [4.78, 5) is 12.1. The van der Waals surface area contributed by atoms with Crippen LogP contribution in [0.2, 0.25) is 0 Å². The molecule has 0 radical (unpaired) electrons. The van der Waals surface area contributed by atoms with E-state index in [4.69, 9.17) is 4.52 Å². The monoisotopic (exact) mass is 354 g/mol. The summed E-state index contributed by atoms with van der Waals surface area (Å²) in [6.07, 6.45) is 1.13. The van der Waals surface area contributed by atoms with Crippen molar-refractivity contribution in [1.29, 1.82) is 0 Å². The molecule has 0 saturated heterocycles. The van der Waals surface area contributed by atoms with Gasteiger partial charge in [-0.2, -0.15) is 0 Å². The number of aryl methyl sites for hydroxylation is 2. The van der Waals surface area contributed by atoms with Crippen LogP contribution in [0.5, 0.6) is 0 Å². The molecule has 1 amide bonds. The van der Waals surface area contributed by atoms with Crippen LogP contribution in [-0.2, 0) is 20.4 Å². The Morgan fingerprint density at radius 1 is 1.35 bits per heavy atom. The molecular formula is C15H18N2O4S2. The van der Waals surface area contributed by atoms with E-state index >= 15 is 0 Å². The number of hydrogen-bond acceptors (Lipinski definition) is 6. The molecule has 1 aromatic carbocycles. The fraction of sp³-hybridized carbons (Fsp3) is 0.333. The van der Waals surface area contributed by atoms with Crippen LogP contribution >= 0.6 is 11.8 Å². The zero-order chi connectivity index (χ0) is 17.0. The van der Waals surface area contributed by atoms with E-state index in [0.29, 0.717) is 11.4 Å². The zero-order valence-corrected chi connectivity index (χ0v) is 14.8. The van der Waals surface area contributed by atoms with Crippen molar-refractivity contribution in [3.05, 3.63) is 41.3 Å². The predicted octanol–water partition coefficient (Wildman–Crippen LogP) is 2.57. The molecule has 0 bridgehead atoms. The van der Waals surface area contributed by atoms with Gasteiger partial charge >= 0.3 is 0 Å². The lowest BCUT2D eigenvalue weighted by Gasteiger charge is -2.07. The van der Waals surface area contributed by atoms with Gasteiger partial charge in [-0.15, -0.1) is 11.8 Å². The average Bonchev–Trinajstić information content (AvgIpc) is 2.78. The van der Waals surface area contributed by atoms with Crippen LogP contribution in [0, 0.1) is 13.8 Å². The highest BCUT2D eigenvalue weighted by Crippen LogP contribution is 2.20. The van der Waals surface area contributed by atoms with Crippen LogP contribution in [-0.4, -0.2) is 31.5 Å². The first-order valence-electron chi connectivity index (χ1n) is 6.87. The van der Waals surface area contributed by atoms with E-state index in [1.165, 1.54) is 23.9 Å². The van der Waals surface area contributed by atoms with Gasteiger partial charge in [0.05, 0.1) is 16.3 Å². The topological polar surface area (TPSA) is 89.3 Å². The lowest BCUT2D eigenvalue weighted by molar-refractivity contribution is -0.113. The number of nitrogens with one attached hydrogen (secondary N) is 1. The summed E-state index contributed by atoms with van der Waals surface area (Å²) in [6, 6.07) is 6.21. The lowest BCUT2D eigenvalue weighted by Crippen LogP contribution is -2.14. The second-order valence-corrected chi connectivity index (χ2v) is 8.15. The number of hydrogen-bond donors (Lipinski definition) is 1. The molecule has 0 atom stereocenters. The predicted molar refractivity (Wildman–Crippen MR) is 90.3 cm³/mol. The van der Waals surface area contributed by atoms with E-state index in [1.54, 1.807) is 12.1 Å². The van der Waals surface area contributed by atoms with Gasteiger partial charge in [-0.25, -0.2) is 8.42 Å². The molecule has 2 aromatic rings. The molecule has 1 N–H and O–H groups in total. The van der Waals surface area contributed by atoms with Crippen LogP contribution in [0.3, 0.4) is 0 Å². The number of carbonyl (C=O) groups is 1. The summed E-state index contributed by atoms with van der Waals surface area (Å²) in [5, 5.41) is 6.57. The van der Waals surface area contributed by atoms with Gasteiger partial charge in [0.15, 0.2) is 9.84 Å². The molecule has 1 heterocycles. The van der Waals surface area contributed by atoms with E-state index in [9.17, 15) is 13.2 Å². The van der Waals surface area contributed by atoms with Crippen LogP contribution < -0.4 is 5.32 Å². The Labute approximate surface area is 139 Å². The number of thioether (sulfide) groups is 1. The van der Waals surface area contributed by atoms with Gasteiger partial charge < -0.3 is 9.84 Å². The maximum absolute atomic E-state index is 12.0. The average molecular weight is 354 g/mol. The summed E-state index contributed by atoms with van der Waals surface area (Å²) in [5.41, 5.74) is 2.30. The number of benzene rings is 1. The minimum atomic E-state index is -3.29. The van der Waals surface area contributed by atoms with E-state index in [2.05, 4.69) is 10.5 Å². The normalized spacial score (nSPS) is 11.4. The number of aromatic nitrogens is 1. The number of nitrogens with zero attached hydrogens (tertiary/aromatic N) is 1. The fourth-order valence-corrected chi connectivity index (χ4v) is 3.60. The number of carbonyl (C=O) groups excluding carboxylic acids is 1. The maximum Gasteiger partial charge on any atom is 0.234 e. The third-order valence-electron chi connectivity index (χ3n) is 3.21. The molecule has 0 aliphatic heterocycles. The second-order valence-electron chi connectivity index (χ2n) is 5.14. The zero-order valence-electron chi connectivity index (χ0n) is 13.1. The smallest absolute Gasteiger partial charge is 0.234 e. The molecule has 124 valence electrons.